The van der Waals surface area contributed by atoms with Crippen LogP contribution in [-0.4, -0.2) is 40.5 Å². The standard InChI is InChI=1S/C21H29N5O3/c1-6-7-8-17-23-18-19(24-17)21(29-13(2)3)26-25-20(18)22-12-14-9-10-15(27-4)11-16(14)28-5/h9-11,13H,6-8,12H2,1-5H3,(H,22,25)(H,23,24). The van der Waals surface area contributed by atoms with E-state index in [1.165, 1.54) is 0 Å². The molecule has 0 unspecified atom stereocenters. The van der Waals surface area contributed by atoms with Crippen LogP contribution in [0, 0.1) is 0 Å². The zero-order valence-corrected chi connectivity index (χ0v) is 17.7. The molecule has 0 aliphatic carbocycles. The quantitative estimate of drug-likeness (QED) is 0.530. The van der Waals surface area contributed by atoms with Crippen molar-refractivity contribution < 1.29 is 14.2 Å². The molecule has 156 valence electrons. The Kier molecular flexibility index (Phi) is 6.74. The highest BCUT2D eigenvalue weighted by Crippen LogP contribution is 2.29. The molecule has 0 bridgehead atoms. The topological polar surface area (TPSA) is 94.2 Å². The normalized spacial score (nSPS) is 11.1. The van der Waals surface area contributed by atoms with E-state index in [-0.39, 0.29) is 6.10 Å². The molecule has 0 aliphatic rings. The molecule has 0 fully saturated rings. The maximum atomic E-state index is 5.82. The molecule has 2 aromatic heterocycles. The molecule has 0 spiro atoms. The van der Waals surface area contributed by atoms with Crippen molar-refractivity contribution in [3.63, 3.8) is 0 Å². The maximum absolute atomic E-state index is 5.82. The number of nitrogens with one attached hydrogen (secondary N) is 2. The summed E-state index contributed by atoms with van der Waals surface area (Å²) in [4.78, 5) is 8.11. The second kappa shape index (κ2) is 9.45. The Labute approximate surface area is 171 Å². The van der Waals surface area contributed by atoms with E-state index in [9.17, 15) is 0 Å². The van der Waals surface area contributed by atoms with Gasteiger partial charge < -0.3 is 24.5 Å². The number of anilines is 1. The Morgan fingerprint density at radius 2 is 1.97 bits per heavy atom. The number of aromatic amines is 1. The van der Waals surface area contributed by atoms with Crippen molar-refractivity contribution in [3.05, 3.63) is 29.6 Å². The van der Waals surface area contributed by atoms with Gasteiger partial charge in [0.25, 0.3) is 5.88 Å². The Hall–Kier alpha value is -3.03. The number of nitrogens with zero attached hydrogens (tertiary/aromatic N) is 3. The minimum atomic E-state index is -0.00254. The van der Waals surface area contributed by atoms with Crippen LogP contribution >= 0.6 is 0 Å². The van der Waals surface area contributed by atoms with E-state index in [2.05, 4.69) is 27.4 Å². The van der Waals surface area contributed by atoms with Gasteiger partial charge in [0.1, 0.15) is 28.4 Å². The van der Waals surface area contributed by atoms with Crippen LogP contribution in [-0.2, 0) is 13.0 Å². The molecule has 8 nitrogen and oxygen atoms in total. The predicted molar refractivity (Wildman–Crippen MR) is 113 cm³/mol. The molecule has 29 heavy (non-hydrogen) atoms. The summed E-state index contributed by atoms with van der Waals surface area (Å²) < 4.78 is 16.6. The summed E-state index contributed by atoms with van der Waals surface area (Å²) in [5.74, 6) is 3.48. The third-order valence-electron chi connectivity index (χ3n) is 4.49. The average Bonchev–Trinajstić information content (AvgIpc) is 3.16. The number of unbranched alkanes of at least 4 members (excludes halogenated alkanes) is 1. The van der Waals surface area contributed by atoms with Gasteiger partial charge in [-0.05, 0) is 32.4 Å². The van der Waals surface area contributed by atoms with Crippen LogP contribution in [0.25, 0.3) is 11.0 Å². The molecule has 0 aliphatic heterocycles. The zero-order valence-electron chi connectivity index (χ0n) is 17.7. The highest BCUT2D eigenvalue weighted by molar-refractivity contribution is 5.89. The van der Waals surface area contributed by atoms with Crippen molar-refractivity contribution in [1.82, 2.24) is 20.2 Å². The van der Waals surface area contributed by atoms with Crippen LogP contribution in [0.5, 0.6) is 17.4 Å². The van der Waals surface area contributed by atoms with E-state index < -0.39 is 0 Å². The fraction of sp³-hybridized carbons (Fsp3) is 0.476. The number of aryl methyl sites for hydroxylation is 1. The first-order valence-electron chi connectivity index (χ1n) is 9.92. The SMILES string of the molecule is CCCCc1nc2c(NCc3ccc(OC)cc3OC)nnc(OC(C)C)c2[nH]1. The Morgan fingerprint density at radius 1 is 1.14 bits per heavy atom. The summed E-state index contributed by atoms with van der Waals surface area (Å²) in [5.41, 5.74) is 2.48. The number of H-pyrrole nitrogens is 1. The highest BCUT2D eigenvalue weighted by atomic mass is 16.5. The number of ether oxygens (including phenoxy) is 3. The first kappa shape index (κ1) is 20.7. The van der Waals surface area contributed by atoms with Gasteiger partial charge in [-0.3, -0.25) is 0 Å². The lowest BCUT2D eigenvalue weighted by Gasteiger charge is -2.13. The van der Waals surface area contributed by atoms with Crippen molar-refractivity contribution in [1.29, 1.82) is 0 Å². The zero-order chi connectivity index (χ0) is 20.8. The Bertz CT molecular complexity index is 955. The largest absolute Gasteiger partial charge is 0.497 e. The van der Waals surface area contributed by atoms with Gasteiger partial charge in [0.15, 0.2) is 5.82 Å². The van der Waals surface area contributed by atoms with Crippen molar-refractivity contribution >= 4 is 16.9 Å². The van der Waals surface area contributed by atoms with Crippen molar-refractivity contribution in [2.75, 3.05) is 19.5 Å². The minimum absolute atomic E-state index is 0.00254. The molecule has 0 saturated carbocycles. The molecular formula is C21H29N5O3. The smallest absolute Gasteiger partial charge is 0.260 e. The lowest BCUT2D eigenvalue weighted by atomic mass is 10.2. The van der Waals surface area contributed by atoms with Crippen molar-refractivity contribution in [3.8, 4) is 17.4 Å². The second-order valence-electron chi connectivity index (χ2n) is 7.06. The number of hydrogen-bond donors (Lipinski definition) is 2. The van der Waals surface area contributed by atoms with Gasteiger partial charge in [0.2, 0.25) is 0 Å². The van der Waals surface area contributed by atoms with E-state index in [0.717, 1.165) is 53.2 Å². The lowest BCUT2D eigenvalue weighted by molar-refractivity contribution is 0.233. The van der Waals surface area contributed by atoms with E-state index in [4.69, 9.17) is 19.2 Å². The van der Waals surface area contributed by atoms with Crippen LogP contribution in [0.3, 0.4) is 0 Å². The first-order chi connectivity index (χ1) is 14.0. The average molecular weight is 399 g/mol. The number of rotatable bonds is 10. The number of methoxy groups -OCH3 is 2. The first-order valence-corrected chi connectivity index (χ1v) is 9.92. The minimum Gasteiger partial charge on any atom is -0.497 e. The number of fused-ring (bicyclic) bond motifs is 1. The summed E-state index contributed by atoms with van der Waals surface area (Å²) in [5, 5.41) is 11.9. The number of hydrogen-bond acceptors (Lipinski definition) is 7. The fourth-order valence-corrected chi connectivity index (χ4v) is 3.01. The molecule has 2 heterocycles. The molecule has 0 saturated heterocycles. The molecule has 0 radical (unpaired) electrons. The molecule has 0 atom stereocenters. The van der Waals surface area contributed by atoms with Gasteiger partial charge in [0, 0.05) is 24.6 Å². The molecule has 0 amide bonds. The Balaban J connectivity index is 1.89. The highest BCUT2D eigenvalue weighted by Gasteiger charge is 2.17. The van der Waals surface area contributed by atoms with Crippen LogP contribution in [0.4, 0.5) is 5.82 Å². The van der Waals surface area contributed by atoms with Gasteiger partial charge in [-0.15, -0.1) is 10.2 Å². The van der Waals surface area contributed by atoms with Gasteiger partial charge in [0.05, 0.1) is 20.3 Å². The van der Waals surface area contributed by atoms with Crippen molar-refractivity contribution in [2.45, 2.75) is 52.7 Å². The molecule has 3 rings (SSSR count). The third-order valence-corrected chi connectivity index (χ3v) is 4.49. The lowest BCUT2D eigenvalue weighted by Crippen LogP contribution is -2.10. The number of imidazole rings is 1. The second-order valence-corrected chi connectivity index (χ2v) is 7.06. The van der Waals surface area contributed by atoms with E-state index >= 15 is 0 Å². The maximum Gasteiger partial charge on any atom is 0.260 e. The van der Waals surface area contributed by atoms with Gasteiger partial charge in [-0.2, -0.15) is 0 Å². The van der Waals surface area contributed by atoms with Crippen LogP contribution in [0.2, 0.25) is 0 Å². The van der Waals surface area contributed by atoms with E-state index in [0.29, 0.717) is 18.2 Å². The van der Waals surface area contributed by atoms with Crippen LogP contribution in [0.1, 0.15) is 45.0 Å². The van der Waals surface area contributed by atoms with Gasteiger partial charge in [-0.1, -0.05) is 13.3 Å². The summed E-state index contributed by atoms with van der Waals surface area (Å²) in [6.45, 7) is 6.60. The summed E-state index contributed by atoms with van der Waals surface area (Å²) in [7, 11) is 3.27. The van der Waals surface area contributed by atoms with Crippen molar-refractivity contribution in [2.24, 2.45) is 0 Å². The van der Waals surface area contributed by atoms with Gasteiger partial charge in [-0.25, -0.2) is 4.98 Å². The molecule has 2 N–H and O–H groups in total. The molecule has 3 aromatic rings. The summed E-state index contributed by atoms with van der Waals surface area (Å²) >= 11 is 0. The van der Waals surface area contributed by atoms with E-state index in [1.54, 1.807) is 14.2 Å². The van der Waals surface area contributed by atoms with Crippen LogP contribution in [0.15, 0.2) is 18.2 Å². The molecular weight excluding hydrogens is 370 g/mol. The third kappa shape index (κ3) is 4.88. The predicted octanol–water partition coefficient (Wildman–Crippen LogP) is 4.11. The molecule has 8 heteroatoms. The Morgan fingerprint density at radius 3 is 2.66 bits per heavy atom. The number of aromatic nitrogens is 4. The summed E-state index contributed by atoms with van der Waals surface area (Å²) in [6, 6.07) is 5.72. The van der Waals surface area contributed by atoms with Crippen LogP contribution < -0.4 is 19.5 Å². The monoisotopic (exact) mass is 399 g/mol. The summed E-state index contributed by atoms with van der Waals surface area (Å²) in [6.07, 6.45) is 3.04. The fourth-order valence-electron chi connectivity index (χ4n) is 3.01. The molecule has 1 aromatic carbocycles. The van der Waals surface area contributed by atoms with E-state index in [1.807, 2.05) is 32.0 Å². The number of benzene rings is 1. The van der Waals surface area contributed by atoms with Gasteiger partial charge >= 0.3 is 0 Å².